The van der Waals surface area contributed by atoms with E-state index in [1.165, 1.54) is 0 Å². The van der Waals surface area contributed by atoms with E-state index >= 15 is 0 Å². The summed E-state index contributed by atoms with van der Waals surface area (Å²) in [6.07, 6.45) is 1.71. The van der Waals surface area contributed by atoms with Gasteiger partial charge in [-0.2, -0.15) is 0 Å². The summed E-state index contributed by atoms with van der Waals surface area (Å²) in [5, 5.41) is 2.65. The van der Waals surface area contributed by atoms with Gasteiger partial charge in [0.1, 0.15) is 5.60 Å². The van der Waals surface area contributed by atoms with Crippen molar-refractivity contribution in [3.05, 3.63) is 23.5 Å². The number of carbonyl (C=O) groups is 1. The molecular formula is C15H21N3O2. The molecular weight excluding hydrogens is 254 g/mol. The van der Waals surface area contributed by atoms with Crippen LogP contribution in [0.15, 0.2) is 12.3 Å². The molecule has 0 radical (unpaired) electrons. The molecule has 0 spiro atoms. The van der Waals surface area contributed by atoms with Crippen LogP contribution in [0.25, 0.3) is 0 Å². The summed E-state index contributed by atoms with van der Waals surface area (Å²) < 4.78 is 5.11. The molecule has 5 nitrogen and oxygen atoms in total. The second-order valence-corrected chi connectivity index (χ2v) is 5.38. The Morgan fingerprint density at radius 2 is 2.20 bits per heavy atom. The zero-order valence-corrected chi connectivity index (χ0v) is 12.4. The average Bonchev–Trinajstić information content (AvgIpc) is 2.30. The molecule has 0 aliphatic heterocycles. The van der Waals surface area contributed by atoms with E-state index in [0.717, 1.165) is 11.3 Å². The number of pyridine rings is 1. The van der Waals surface area contributed by atoms with Crippen LogP contribution in [0.2, 0.25) is 0 Å². The highest BCUT2D eigenvalue weighted by atomic mass is 16.6. The first-order valence-corrected chi connectivity index (χ1v) is 6.46. The molecule has 108 valence electrons. The summed E-state index contributed by atoms with van der Waals surface area (Å²) in [5.74, 6) is 5.96. The number of hydrogen-bond acceptors (Lipinski definition) is 4. The first kappa shape index (κ1) is 15.8. The van der Waals surface area contributed by atoms with E-state index in [-0.39, 0.29) is 0 Å². The zero-order chi connectivity index (χ0) is 15.2. The number of nitrogens with zero attached hydrogens (tertiary/aromatic N) is 1. The highest BCUT2D eigenvalue weighted by molar-refractivity contribution is 5.67. The first-order valence-electron chi connectivity index (χ1n) is 6.46. The second-order valence-electron chi connectivity index (χ2n) is 5.38. The fourth-order valence-corrected chi connectivity index (χ4v) is 1.37. The van der Waals surface area contributed by atoms with Gasteiger partial charge >= 0.3 is 6.09 Å². The maximum absolute atomic E-state index is 11.4. The molecule has 0 aliphatic carbocycles. The second kappa shape index (κ2) is 6.80. The predicted octanol–water partition coefficient (Wildman–Crippen LogP) is 2.24. The summed E-state index contributed by atoms with van der Waals surface area (Å²) >= 11 is 0. The molecule has 0 saturated heterocycles. The Labute approximate surface area is 119 Å². The number of carbonyl (C=O) groups excluding carboxylic acids is 1. The number of nitrogen functional groups attached to an aromatic ring is 1. The maximum atomic E-state index is 11.4. The summed E-state index contributed by atoms with van der Waals surface area (Å²) in [7, 11) is 0. The third kappa shape index (κ3) is 6.10. The van der Waals surface area contributed by atoms with E-state index in [4.69, 9.17) is 10.5 Å². The SMILES string of the molecule is Cc1ncc(N)cc1C#CCCNC(=O)OC(C)(C)C. The Hall–Kier alpha value is -2.22. The smallest absolute Gasteiger partial charge is 0.407 e. The Balaban J connectivity index is 2.40. The Kier molecular flexibility index (Phi) is 5.39. The molecule has 0 unspecified atom stereocenters. The number of nitrogens with two attached hydrogens (primary N) is 1. The summed E-state index contributed by atoms with van der Waals surface area (Å²) in [4.78, 5) is 15.5. The molecule has 0 aliphatic rings. The van der Waals surface area contributed by atoms with E-state index in [1.807, 2.05) is 27.7 Å². The Morgan fingerprint density at radius 3 is 2.85 bits per heavy atom. The number of anilines is 1. The maximum Gasteiger partial charge on any atom is 0.407 e. The lowest BCUT2D eigenvalue weighted by Crippen LogP contribution is -2.32. The number of ether oxygens (including phenoxy) is 1. The van der Waals surface area contributed by atoms with Crippen molar-refractivity contribution in [1.82, 2.24) is 10.3 Å². The number of aryl methyl sites for hydroxylation is 1. The molecule has 5 heteroatoms. The summed E-state index contributed by atoms with van der Waals surface area (Å²) in [6.45, 7) is 7.78. The number of hydrogen-bond donors (Lipinski definition) is 2. The van der Waals surface area contributed by atoms with E-state index in [2.05, 4.69) is 22.1 Å². The number of rotatable bonds is 2. The fourth-order valence-electron chi connectivity index (χ4n) is 1.37. The van der Waals surface area contributed by atoms with Crippen molar-refractivity contribution < 1.29 is 9.53 Å². The molecule has 0 fully saturated rings. The van der Waals surface area contributed by atoms with Crippen molar-refractivity contribution in [3.63, 3.8) is 0 Å². The largest absolute Gasteiger partial charge is 0.444 e. The van der Waals surface area contributed by atoms with Crippen molar-refractivity contribution in [2.75, 3.05) is 12.3 Å². The van der Waals surface area contributed by atoms with Gasteiger partial charge in [0, 0.05) is 18.5 Å². The molecule has 0 atom stereocenters. The molecule has 0 aromatic carbocycles. The summed E-state index contributed by atoms with van der Waals surface area (Å²) in [6, 6.07) is 1.79. The number of nitrogens with one attached hydrogen (secondary N) is 1. The van der Waals surface area contributed by atoms with Crippen LogP contribution in [-0.4, -0.2) is 23.2 Å². The minimum Gasteiger partial charge on any atom is -0.444 e. The standard InChI is InChI=1S/C15H21N3O2/c1-11-12(9-13(16)10-18-11)7-5-6-8-17-14(19)20-15(2,3)4/h9-10H,6,8,16H2,1-4H3,(H,17,19). The molecule has 0 bridgehead atoms. The minimum absolute atomic E-state index is 0.430. The molecule has 1 aromatic heterocycles. The minimum atomic E-state index is -0.486. The van der Waals surface area contributed by atoms with Gasteiger partial charge in [0.15, 0.2) is 0 Å². The van der Waals surface area contributed by atoms with Crippen LogP contribution in [0.3, 0.4) is 0 Å². The van der Waals surface area contributed by atoms with Gasteiger partial charge in [0.25, 0.3) is 0 Å². The van der Waals surface area contributed by atoms with Gasteiger partial charge in [0.2, 0.25) is 0 Å². The third-order valence-corrected chi connectivity index (χ3v) is 2.25. The quantitative estimate of drug-likeness (QED) is 0.641. The molecule has 1 rings (SSSR count). The highest BCUT2D eigenvalue weighted by Gasteiger charge is 2.15. The van der Waals surface area contributed by atoms with E-state index in [9.17, 15) is 4.79 Å². The van der Waals surface area contributed by atoms with Crippen molar-refractivity contribution >= 4 is 11.8 Å². The van der Waals surface area contributed by atoms with Gasteiger partial charge in [-0.25, -0.2) is 4.79 Å². The molecule has 20 heavy (non-hydrogen) atoms. The van der Waals surface area contributed by atoms with Crippen LogP contribution in [0.5, 0.6) is 0 Å². The lowest BCUT2D eigenvalue weighted by atomic mass is 10.2. The average molecular weight is 275 g/mol. The topological polar surface area (TPSA) is 77.2 Å². The molecule has 3 N–H and O–H groups in total. The third-order valence-electron chi connectivity index (χ3n) is 2.25. The van der Waals surface area contributed by atoms with Gasteiger partial charge in [-0.15, -0.1) is 0 Å². The zero-order valence-electron chi connectivity index (χ0n) is 12.4. The monoisotopic (exact) mass is 275 g/mol. The van der Waals surface area contributed by atoms with Crippen LogP contribution in [0.4, 0.5) is 10.5 Å². The molecule has 0 saturated carbocycles. The fraction of sp³-hybridized carbons (Fsp3) is 0.467. The lowest BCUT2D eigenvalue weighted by molar-refractivity contribution is 0.0529. The normalized spacial score (nSPS) is 10.4. The van der Waals surface area contributed by atoms with Gasteiger partial charge in [-0.05, 0) is 33.8 Å². The van der Waals surface area contributed by atoms with Crippen LogP contribution < -0.4 is 11.1 Å². The van der Waals surface area contributed by atoms with Gasteiger partial charge < -0.3 is 15.8 Å². The Bertz CT molecular complexity index is 536. The van der Waals surface area contributed by atoms with E-state index in [1.54, 1.807) is 12.3 Å². The number of amides is 1. The van der Waals surface area contributed by atoms with Gasteiger partial charge in [-0.3, -0.25) is 4.98 Å². The van der Waals surface area contributed by atoms with Crippen molar-refractivity contribution in [2.45, 2.75) is 39.7 Å². The molecule has 1 amide bonds. The van der Waals surface area contributed by atoms with Crippen molar-refractivity contribution in [2.24, 2.45) is 0 Å². The van der Waals surface area contributed by atoms with Crippen molar-refractivity contribution in [3.8, 4) is 11.8 Å². The molecule has 1 aromatic rings. The Morgan fingerprint density at radius 1 is 1.50 bits per heavy atom. The van der Waals surface area contributed by atoms with E-state index in [0.29, 0.717) is 18.7 Å². The number of aromatic nitrogens is 1. The highest BCUT2D eigenvalue weighted by Crippen LogP contribution is 2.08. The number of alkyl carbamates (subject to hydrolysis) is 1. The first-order chi connectivity index (χ1) is 9.28. The molecule has 1 heterocycles. The van der Waals surface area contributed by atoms with Crippen LogP contribution >= 0.6 is 0 Å². The van der Waals surface area contributed by atoms with Crippen LogP contribution in [0, 0.1) is 18.8 Å². The van der Waals surface area contributed by atoms with Crippen LogP contribution in [-0.2, 0) is 4.74 Å². The van der Waals surface area contributed by atoms with Crippen LogP contribution in [0.1, 0.15) is 38.4 Å². The van der Waals surface area contributed by atoms with E-state index < -0.39 is 11.7 Å². The van der Waals surface area contributed by atoms with Crippen molar-refractivity contribution in [1.29, 1.82) is 0 Å². The summed E-state index contributed by atoms with van der Waals surface area (Å²) in [5.41, 5.74) is 7.40. The van der Waals surface area contributed by atoms with Gasteiger partial charge in [0.05, 0.1) is 17.6 Å². The lowest BCUT2D eigenvalue weighted by Gasteiger charge is -2.19. The predicted molar refractivity (Wildman–Crippen MR) is 79.1 cm³/mol. The van der Waals surface area contributed by atoms with Gasteiger partial charge in [-0.1, -0.05) is 11.8 Å².